The zero-order valence-corrected chi connectivity index (χ0v) is 19.5. The maximum absolute atomic E-state index is 13.4. The maximum atomic E-state index is 13.4. The van der Waals surface area contributed by atoms with Gasteiger partial charge < -0.3 is 29.7 Å². The molecule has 4 rings (SSSR count). The Morgan fingerprint density at radius 2 is 1.97 bits per heavy atom. The second-order valence-corrected chi connectivity index (χ2v) is 8.41. The lowest BCUT2D eigenvalue weighted by molar-refractivity contribution is -0.133. The number of carbonyl (C=O) groups is 3. The van der Waals surface area contributed by atoms with Crippen LogP contribution in [0.4, 0.5) is 5.69 Å². The quantitative estimate of drug-likeness (QED) is 0.700. The van der Waals surface area contributed by atoms with E-state index in [2.05, 4.69) is 10.6 Å². The summed E-state index contributed by atoms with van der Waals surface area (Å²) in [6, 6.07) is 11.7. The highest BCUT2D eigenvalue weighted by Crippen LogP contribution is 2.32. The van der Waals surface area contributed by atoms with Gasteiger partial charge >= 0.3 is 0 Å². The third-order valence-electron chi connectivity index (χ3n) is 6.31. The lowest BCUT2D eigenvalue weighted by Crippen LogP contribution is -2.53. The Bertz CT molecular complexity index is 1090. The summed E-state index contributed by atoms with van der Waals surface area (Å²) >= 11 is 0. The second-order valence-electron chi connectivity index (χ2n) is 8.41. The van der Waals surface area contributed by atoms with Crippen LogP contribution in [0.25, 0.3) is 0 Å². The molecule has 9 nitrogen and oxygen atoms in total. The van der Waals surface area contributed by atoms with Gasteiger partial charge in [0, 0.05) is 19.8 Å². The highest BCUT2D eigenvalue weighted by Gasteiger charge is 2.39. The van der Waals surface area contributed by atoms with Crippen LogP contribution >= 0.6 is 0 Å². The van der Waals surface area contributed by atoms with Gasteiger partial charge in [0.25, 0.3) is 11.8 Å². The number of ether oxygens (including phenoxy) is 3. The summed E-state index contributed by atoms with van der Waals surface area (Å²) in [6.07, 6.45) is 1.12. The molecule has 0 saturated carbocycles. The first-order valence-corrected chi connectivity index (χ1v) is 11.3. The molecule has 0 unspecified atom stereocenters. The summed E-state index contributed by atoms with van der Waals surface area (Å²) < 4.78 is 17.4. The molecule has 0 radical (unpaired) electrons. The number of benzene rings is 2. The maximum Gasteiger partial charge on any atom is 0.259 e. The topological polar surface area (TPSA) is 106 Å². The van der Waals surface area contributed by atoms with E-state index < -0.39 is 0 Å². The molecule has 2 aliphatic rings. The molecule has 2 N–H and O–H groups in total. The Morgan fingerprint density at radius 3 is 2.74 bits per heavy atom. The minimum Gasteiger partial charge on any atom is -0.496 e. The molecule has 9 heteroatoms. The molecule has 0 bridgehead atoms. The first-order chi connectivity index (χ1) is 16.4. The fraction of sp³-hybridized carbons (Fsp3) is 0.400. The van der Waals surface area contributed by atoms with E-state index in [0.29, 0.717) is 41.2 Å². The van der Waals surface area contributed by atoms with E-state index in [0.717, 1.165) is 0 Å². The first kappa shape index (κ1) is 23.6. The molecular weight excluding hydrogens is 438 g/mol. The van der Waals surface area contributed by atoms with Gasteiger partial charge in [-0.3, -0.25) is 14.4 Å². The van der Waals surface area contributed by atoms with Crippen LogP contribution in [0.3, 0.4) is 0 Å². The number of carbonyl (C=O) groups excluding carboxylic acids is 3. The predicted octanol–water partition coefficient (Wildman–Crippen LogP) is 2.46. The van der Waals surface area contributed by atoms with Gasteiger partial charge in [-0.25, -0.2) is 0 Å². The molecule has 2 heterocycles. The minimum atomic E-state index is -0.340. The van der Waals surface area contributed by atoms with Crippen molar-refractivity contribution < 1.29 is 28.6 Å². The summed E-state index contributed by atoms with van der Waals surface area (Å²) in [5.41, 5.74) is 1.24. The van der Waals surface area contributed by atoms with Crippen LogP contribution in [0.5, 0.6) is 11.5 Å². The molecule has 0 aromatic heterocycles. The molecule has 1 fully saturated rings. The summed E-state index contributed by atoms with van der Waals surface area (Å²) in [6.45, 7) is 0.256. The number of rotatable bonds is 5. The average molecular weight is 468 g/mol. The van der Waals surface area contributed by atoms with Crippen LogP contribution in [0.15, 0.2) is 42.5 Å². The van der Waals surface area contributed by atoms with Crippen LogP contribution in [-0.2, 0) is 9.53 Å². The zero-order valence-electron chi connectivity index (χ0n) is 19.5. The molecule has 3 atom stereocenters. The van der Waals surface area contributed by atoms with Gasteiger partial charge in [0.2, 0.25) is 5.91 Å². The van der Waals surface area contributed by atoms with Crippen molar-refractivity contribution in [3.05, 3.63) is 53.6 Å². The number of anilines is 1. The number of methoxy groups -OCH3 is 1. The fourth-order valence-corrected chi connectivity index (χ4v) is 4.44. The van der Waals surface area contributed by atoms with Crippen LogP contribution in [0.2, 0.25) is 0 Å². The minimum absolute atomic E-state index is 0.0762. The average Bonchev–Trinajstić information content (AvgIpc) is 2.86. The number of likely N-dealkylation sites (N-methyl/N-ethyl adjacent to an activating group) is 1. The van der Waals surface area contributed by atoms with Crippen molar-refractivity contribution in [2.24, 2.45) is 0 Å². The smallest absolute Gasteiger partial charge is 0.259 e. The molecule has 2 aromatic carbocycles. The number of hydrogen-bond acceptors (Lipinski definition) is 6. The molecular formula is C25H29N3O6. The van der Waals surface area contributed by atoms with E-state index in [1.165, 1.54) is 7.11 Å². The lowest BCUT2D eigenvalue weighted by atomic mass is 9.94. The van der Waals surface area contributed by atoms with Crippen LogP contribution in [0, 0.1) is 0 Å². The lowest BCUT2D eigenvalue weighted by Gasteiger charge is -2.42. The van der Waals surface area contributed by atoms with Gasteiger partial charge in [0.05, 0.1) is 36.8 Å². The summed E-state index contributed by atoms with van der Waals surface area (Å²) in [5.74, 6) is 0.248. The molecule has 3 amide bonds. The Labute approximate surface area is 198 Å². The van der Waals surface area contributed by atoms with E-state index in [-0.39, 0.29) is 49.0 Å². The van der Waals surface area contributed by atoms with E-state index >= 15 is 0 Å². The van der Waals surface area contributed by atoms with Crippen molar-refractivity contribution in [2.45, 2.75) is 37.5 Å². The van der Waals surface area contributed by atoms with Gasteiger partial charge in [-0.2, -0.15) is 0 Å². The monoisotopic (exact) mass is 467 g/mol. The van der Waals surface area contributed by atoms with E-state index in [1.807, 2.05) is 0 Å². The van der Waals surface area contributed by atoms with Crippen molar-refractivity contribution in [2.75, 3.05) is 33.1 Å². The third-order valence-corrected chi connectivity index (χ3v) is 6.31. The Hall–Kier alpha value is -3.59. The summed E-state index contributed by atoms with van der Waals surface area (Å²) in [4.78, 5) is 39.6. The standard InChI is InChI=1S/C25H29N3O6/c1-26-23(29)13-16-9-10-19-22(34-16)14-33-21-11-8-15(12-18(21)25(31)28(19)2)27-24(30)17-6-4-5-7-20(17)32-3/h4-8,11-12,16,19,22H,9-10,13-14H2,1-3H3,(H,26,29)(H,27,30)/t16-,19+,22-/m1/s1. The SMILES string of the molecule is CNC(=O)C[C@H]1CC[C@H]2[C@@H](COc3ccc(NC(=O)c4ccccc4OC)cc3C(=O)N2C)O1. The molecule has 0 spiro atoms. The molecule has 2 aliphatic heterocycles. The van der Waals surface area contributed by atoms with E-state index in [9.17, 15) is 14.4 Å². The van der Waals surface area contributed by atoms with Gasteiger partial charge in [-0.1, -0.05) is 12.1 Å². The second kappa shape index (κ2) is 10.1. The third kappa shape index (κ3) is 4.84. The van der Waals surface area contributed by atoms with Gasteiger partial charge in [0.1, 0.15) is 24.2 Å². The number of nitrogens with zero attached hydrogens (tertiary/aromatic N) is 1. The summed E-state index contributed by atoms with van der Waals surface area (Å²) in [5, 5.41) is 5.45. The number of para-hydroxylation sites is 1. The Morgan fingerprint density at radius 1 is 1.18 bits per heavy atom. The van der Waals surface area contributed by atoms with E-state index in [1.54, 1.807) is 61.5 Å². The summed E-state index contributed by atoms with van der Waals surface area (Å²) in [7, 11) is 4.85. The van der Waals surface area contributed by atoms with Gasteiger partial charge in [-0.05, 0) is 43.2 Å². The first-order valence-electron chi connectivity index (χ1n) is 11.3. The van der Waals surface area contributed by atoms with Gasteiger partial charge in [0.15, 0.2) is 0 Å². The van der Waals surface area contributed by atoms with Crippen LogP contribution in [0.1, 0.15) is 40.0 Å². The Kier molecular flexibility index (Phi) is 7.02. The number of hydrogen-bond donors (Lipinski definition) is 2. The number of nitrogens with one attached hydrogen (secondary N) is 2. The van der Waals surface area contributed by atoms with Crippen LogP contribution < -0.4 is 20.1 Å². The van der Waals surface area contributed by atoms with Gasteiger partial charge in [-0.15, -0.1) is 0 Å². The largest absolute Gasteiger partial charge is 0.496 e. The zero-order chi connectivity index (χ0) is 24.2. The molecule has 0 aliphatic carbocycles. The fourth-order valence-electron chi connectivity index (χ4n) is 4.44. The van der Waals surface area contributed by atoms with Crippen molar-refractivity contribution in [1.82, 2.24) is 10.2 Å². The van der Waals surface area contributed by atoms with E-state index in [4.69, 9.17) is 14.2 Å². The normalized spacial score (nSPS) is 21.8. The van der Waals surface area contributed by atoms with Crippen molar-refractivity contribution in [3.63, 3.8) is 0 Å². The highest BCUT2D eigenvalue weighted by molar-refractivity contribution is 6.07. The predicted molar refractivity (Wildman–Crippen MR) is 125 cm³/mol. The Balaban J connectivity index is 1.53. The number of fused-ring (bicyclic) bond motifs is 2. The van der Waals surface area contributed by atoms with Crippen LogP contribution in [-0.4, -0.2) is 68.7 Å². The van der Waals surface area contributed by atoms with Crippen molar-refractivity contribution in [3.8, 4) is 11.5 Å². The molecule has 1 saturated heterocycles. The van der Waals surface area contributed by atoms with Crippen molar-refractivity contribution in [1.29, 1.82) is 0 Å². The molecule has 2 aromatic rings. The number of amides is 3. The van der Waals surface area contributed by atoms with Crippen molar-refractivity contribution >= 4 is 23.4 Å². The molecule has 34 heavy (non-hydrogen) atoms. The highest BCUT2D eigenvalue weighted by atomic mass is 16.5. The molecule has 180 valence electrons.